The van der Waals surface area contributed by atoms with E-state index < -0.39 is 0 Å². The Hall–Kier alpha value is -1.45. The predicted octanol–water partition coefficient (Wildman–Crippen LogP) is 1.67. The Morgan fingerprint density at radius 3 is 3.06 bits per heavy atom. The van der Waals surface area contributed by atoms with E-state index in [1.165, 1.54) is 16.3 Å². The predicted molar refractivity (Wildman–Crippen MR) is 67.1 cm³/mol. The lowest BCUT2D eigenvalue weighted by Crippen LogP contribution is -2.17. The molecule has 0 saturated carbocycles. The van der Waals surface area contributed by atoms with Gasteiger partial charge in [0.15, 0.2) is 0 Å². The highest BCUT2D eigenvalue weighted by Crippen LogP contribution is 2.16. The summed E-state index contributed by atoms with van der Waals surface area (Å²) in [6, 6.07) is 8.38. The number of nitrogens with two attached hydrogens (primary N) is 1. The SMILES string of the molecule is NCCCNCc1cccc2cnccc12. The van der Waals surface area contributed by atoms with Crippen LogP contribution in [0, 0.1) is 0 Å². The van der Waals surface area contributed by atoms with Gasteiger partial charge in [-0.25, -0.2) is 0 Å². The molecule has 0 aliphatic carbocycles. The van der Waals surface area contributed by atoms with Crippen LogP contribution in [0.1, 0.15) is 12.0 Å². The molecular formula is C13H17N3. The van der Waals surface area contributed by atoms with E-state index in [1.54, 1.807) is 0 Å². The van der Waals surface area contributed by atoms with Crippen LogP contribution in [-0.4, -0.2) is 18.1 Å². The minimum atomic E-state index is 0.743. The standard InChI is InChI=1S/C13H17N3/c14-6-2-7-15-9-11-3-1-4-12-10-16-8-5-13(11)12/h1,3-5,8,10,15H,2,6-7,9,14H2. The summed E-state index contributed by atoms with van der Waals surface area (Å²) in [4.78, 5) is 4.13. The first-order valence-corrected chi connectivity index (χ1v) is 5.64. The molecule has 1 aromatic heterocycles. The molecule has 0 atom stereocenters. The Morgan fingerprint density at radius 1 is 1.25 bits per heavy atom. The van der Waals surface area contributed by atoms with E-state index >= 15 is 0 Å². The van der Waals surface area contributed by atoms with Crippen LogP contribution < -0.4 is 11.1 Å². The van der Waals surface area contributed by atoms with Crippen LogP contribution in [0.2, 0.25) is 0 Å². The van der Waals surface area contributed by atoms with Gasteiger partial charge in [-0.05, 0) is 36.5 Å². The molecule has 3 nitrogen and oxygen atoms in total. The molecule has 3 heteroatoms. The zero-order valence-electron chi connectivity index (χ0n) is 9.32. The monoisotopic (exact) mass is 215 g/mol. The average Bonchev–Trinajstić information content (AvgIpc) is 2.35. The van der Waals surface area contributed by atoms with Gasteiger partial charge in [0.25, 0.3) is 0 Å². The van der Waals surface area contributed by atoms with E-state index in [-0.39, 0.29) is 0 Å². The average molecular weight is 215 g/mol. The lowest BCUT2D eigenvalue weighted by Gasteiger charge is -2.07. The van der Waals surface area contributed by atoms with Crippen molar-refractivity contribution in [3.05, 3.63) is 42.2 Å². The molecule has 0 amide bonds. The van der Waals surface area contributed by atoms with Gasteiger partial charge in [-0.3, -0.25) is 4.98 Å². The summed E-state index contributed by atoms with van der Waals surface area (Å²) in [5, 5.41) is 5.87. The summed E-state index contributed by atoms with van der Waals surface area (Å²) in [6.07, 6.45) is 4.76. The molecule has 0 spiro atoms. The van der Waals surface area contributed by atoms with Gasteiger partial charge in [0, 0.05) is 24.3 Å². The van der Waals surface area contributed by atoms with Crippen molar-refractivity contribution >= 4 is 10.8 Å². The van der Waals surface area contributed by atoms with Crippen LogP contribution >= 0.6 is 0 Å². The van der Waals surface area contributed by atoms with Gasteiger partial charge < -0.3 is 11.1 Å². The fourth-order valence-electron chi connectivity index (χ4n) is 1.79. The third-order valence-corrected chi connectivity index (χ3v) is 2.64. The zero-order valence-corrected chi connectivity index (χ0v) is 9.32. The van der Waals surface area contributed by atoms with Crippen molar-refractivity contribution in [3.63, 3.8) is 0 Å². The maximum Gasteiger partial charge on any atom is 0.0346 e. The van der Waals surface area contributed by atoms with Gasteiger partial charge >= 0.3 is 0 Å². The van der Waals surface area contributed by atoms with E-state index in [4.69, 9.17) is 5.73 Å². The summed E-state index contributed by atoms with van der Waals surface area (Å²) in [7, 11) is 0. The van der Waals surface area contributed by atoms with Crippen molar-refractivity contribution in [2.75, 3.05) is 13.1 Å². The lowest BCUT2D eigenvalue weighted by molar-refractivity contribution is 0.657. The van der Waals surface area contributed by atoms with Crippen LogP contribution in [0.4, 0.5) is 0 Å². The number of fused-ring (bicyclic) bond motifs is 1. The highest BCUT2D eigenvalue weighted by atomic mass is 14.8. The minimum Gasteiger partial charge on any atom is -0.330 e. The van der Waals surface area contributed by atoms with Crippen LogP contribution in [0.25, 0.3) is 10.8 Å². The summed E-state index contributed by atoms with van der Waals surface area (Å²) < 4.78 is 0. The van der Waals surface area contributed by atoms with E-state index in [0.29, 0.717) is 0 Å². The van der Waals surface area contributed by atoms with Crippen molar-refractivity contribution < 1.29 is 0 Å². The molecule has 0 aliphatic heterocycles. The quantitative estimate of drug-likeness (QED) is 0.746. The molecule has 3 N–H and O–H groups in total. The third kappa shape index (κ3) is 2.56. The Bertz CT molecular complexity index is 448. The smallest absolute Gasteiger partial charge is 0.0346 e. The molecule has 1 aromatic carbocycles. The number of nitrogens with one attached hydrogen (secondary N) is 1. The number of aromatic nitrogens is 1. The van der Waals surface area contributed by atoms with Crippen molar-refractivity contribution in [1.29, 1.82) is 0 Å². The lowest BCUT2D eigenvalue weighted by atomic mass is 10.1. The second-order valence-corrected chi connectivity index (χ2v) is 3.83. The first kappa shape index (κ1) is 11.0. The second-order valence-electron chi connectivity index (χ2n) is 3.83. The molecule has 0 aliphatic rings. The topological polar surface area (TPSA) is 50.9 Å². The fraction of sp³-hybridized carbons (Fsp3) is 0.308. The first-order chi connectivity index (χ1) is 7.92. The number of benzene rings is 1. The Labute approximate surface area is 95.7 Å². The zero-order chi connectivity index (χ0) is 11.2. The molecule has 16 heavy (non-hydrogen) atoms. The molecule has 0 radical (unpaired) electrons. The molecule has 2 rings (SSSR count). The summed E-state index contributed by atoms with van der Waals surface area (Å²) in [5.41, 5.74) is 6.77. The Kier molecular flexibility index (Phi) is 3.86. The van der Waals surface area contributed by atoms with Gasteiger partial charge in [0.1, 0.15) is 0 Å². The number of rotatable bonds is 5. The summed E-state index contributed by atoms with van der Waals surface area (Å²) in [5.74, 6) is 0. The van der Waals surface area contributed by atoms with Crippen LogP contribution in [-0.2, 0) is 6.54 Å². The highest BCUT2D eigenvalue weighted by Gasteiger charge is 1.99. The number of hydrogen-bond acceptors (Lipinski definition) is 3. The number of nitrogens with zero attached hydrogens (tertiary/aromatic N) is 1. The largest absolute Gasteiger partial charge is 0.330 e. The highest BCUT2D eigenvalue weighted by molar-refractivity contribution is 5.84. The van der Waals surface area contributed by atoms with Gasteiger partial charge in [0.05, 0.1) is 0 Å². The molecule has 2 aromatic rings. The van der Waals surface area contributed by atoms with E-state index in [1.807, 2.05) is 12.4 Å². The van der Waals surface area contributed by atoms with Crippen molar-refractivity contribution in [2.24, 2.45) is 5.73 Å². The molecule has 0 saturated heterocycles. The van der Waals surface area contributed by atoms with Crippen molar-refractivity contribution in [1.82, 2.24) is 10.3 Å². The van der Waals surface area contributed by atoms with Crippen LogP contribution in [0.3, 0.4) is 0 Å². The Balaban J connectivity index is 2.11. The van der Waals surface area contributed by atoms with Crippen LogP contribution in [0.5, 0.6) is 0 Å². The molecule has 0 bridgehead atoms. The minimum absolute atomic E-state index is 0.743. The molecule has 0 unspecified atom stereocenters. The van der Waals surface area contributed by atoms with E-state index in [0.717, 1.165) is 26.1 Å². The molecule has 0 fully saturated rings. The van der Waals surface area contributed by atoms with Crippen LogP contribution in [0.15, 0.2) is 36.7 Å². The van der Waals surface area contributed by atoms with Gasteiger partial charge in [0.2, 0.25) is 0 Å². The van der Waals surface area contributed by atoms with Crippen molar-refractivity contribution in [3.8, 4) is 0 Å². The second kappa shape index (κ2) is 5.58. The third-order valence-electron chi connectivity index (χ3n) is 2.64. The molecule has 84 valence electrons. The normalized spacial score (nSPS) is 10.8. The maximum atomic E-state index is 5.45. The summed E-state index contributed by atoms with van der Waals surface area (Å²) >= 11 is 0. The summed E-state index contributed by atoms with van der Waals surface area (Å²) in [6.45, 7) is 2.60. The van der Waals surface area contributed by atoms with Gasteiger partial charge in [-0.1, -0.05) is 18.2 Å². The van der Waals surface area contributed by atoms with E-state index in [9.17, 15) is 0 Å². The van der Waals surface area contributed by atoms with E-state index in [2.05, 4.69) is 34.6 Å². The van der Waals surface area contributed by atoms with Crippen molar-refractivity contribution in [2.45, 2.75) is 13.0 Å². The van der Waals surface area contributed by atoms with Gasteiger partial charge in [-0.15, -0.1) is 0 Å². The fourth-order valence-corrected chi connectivity index (χ4v) is 1.79. The first-order valence-electron chi connectivity index (χ1n) is 5.64. The van der Waals surface area contributed by atoms with Gasteiger partial charge in [-0.2, -0.15) is 0 Å². The molecule has 1 heterocycles. The number of hydrogen-bond donors (Lipinski definition) is 2. The number of pyridine rings is 1. The maximum absolute atomic E-state index is 5.45. The Morgan fingerprint density at radius 2 is 2.19 bits per heavy atom. The molecular weight excluding hydrogens is 198 g/mol.